The number of benzene rings is 3. The molecule has 1 saturated heterocycles. The largest absolute Gasteiger partial charge is 0.457 e. The van der Waals surface area contributed by atoms with Gasteiger partial charge in [-0.05, 0) is 72.5 Å². The smallest absolute Gasteiger partial charge is 0.417 e. The highest BCUT2D eigenvalue weighted by Gasteiger charge is 2.40. The first kappa shape index (κ1) is 31.1. The summed E-state index contributed by atoms with van der Waals surface area (Å²) in [5.74, 6) is -0.447. The number of rotatable bonds is 3. The zero-order valence-electron chi connectivity index (χ0n) is 23.9. The summed E-state index contributed by atoms with van der Waals surface area (Å²) in [6, 6.07) is 18.1. The van der Waals surface area contributed by atoms with Crippen molar-refractivity contribution in [2.75, 3.05) is 20.3 Å². The van der Waals surface area contributed by atoms with Crippen LogP contribution in [0, 0.1) is 11.3 Å². The Morgan fingerprint density at radius 3 is 2.43 bits per heavy atom. The molecule has 1 N–H and O–H groups in total. The van der Waals surface area contributed by atoms with Gasteiger partial charge in [0.25, 0.3) is 5.97 Å². The minimum Gasteiger partial charge on any atom is -0.457 e. The van der Waals surface area contributed by atoms with E-state index in [1.807, 2.05) is 32.0 Å². The van der Waals surface area contributed by atoms with Crippen LogP contribution in [0.4, 0.5) is 13.2 Å². The van der Waals surface area contributed by atoms with Crippen molar-refractivity contribution in [3.05, 3.63) is 89.1 Å². The van der Waals surface area contributed by atoms with Crippen LogP contribution in [0.25, 0.3) is 16.6 Å². The molecule has 2 bridgehead atoms. The maximum Gasteiger partial charge on any atom is 0.417 e. The molecule has 7 nitrogen and oxygen atoms in total. The molecule has 3 aromatic carbocycles. The Bertz CT molecular complexity index is 1560. The lowest BCUT2D eigenvalue weighted by molar-refractivity contribution is -0.326. The second-order valence-electron chi connectivity index (χ2n) is 9.41. The summed E-state index contributed by atoms with van der Waals surface area (Å²) in [5, 5.41) is 17.3. The van der Waals surface area contributed by atoms with Crippen molar-refractivity contribution >= 4 is 10.9 Å². The fraction of sp³-hybridized carbons (Fsp3) is 0.344. The average molecular weight is 583 g/mol. The molecular weight excluding hydrogens is 549 g/mol. The number of hydrogen-bond donors (Lipinski definition) is 1. The Morgan fingerprint density at radius 1 is 1.02 bits per heavy atom. The number of aliphatic hydroxyl groups is 1. The van der Waals surface area contributed by atoms with E-state index < -0.39 is 23.3 Å². The first-order chi connectivity index (χ1) is 20.2. The first-order valence-electron chi connectivity index (χ1n) is 13.7. The molecule has 2 unspecified atom stereocenters. The van der Waals surface area contributed by atoms with Gasteiger partial charge in [0.1, 0.15) is 17.6 Å². The lowest BCUT2D eigenvalue weighted by atomic mass is 9.99. The van der Waals surface area contributed by atoms with Crippen LogP contribution >= 0.6 is 0 Å². The van der Waals surface area contributed by atoms with Crippen LogP contribution in [0.3, 0.4) is 0 Å². The molecule has 6 rings (SSSR count). The molecular formula is C32H33F3N2O5. The fourth-order valence-corrected chi connectivity index (χ4v) is 5.11. The molecule has 42 heavy (non-hydrogen) atoms. The van der Waals surface area contributed by atoms with Gasteiger partial charge in [-0.1, -0.05) is 26.0 Å². The lowest BCUT2D eigenvalue weighted by Gasteiger charge is -2.24. The summed E-state index contributed by atoms with van der Waals surface area (Å²) in [6.45, 7) is 6.72. The number of fused-ring (bicyclic) bond motifs is 3. The van der Waals surface area contributed by atoms with Crippen molar-refractivity contribution < 1.29 is 37.2 Å². The van der Waals surface area contributed by atoms with Gasteiger partial charge in [0.05, 0.1) is 35.9 Å². The molecule has 1 aromatic heterocycles. The van der Waals surface area contributed by atoms with Crippen molar-refractivity contribution in [3.63, 3.8) is 0 Å². The number of alkyl halides is 3. The van der Waals surface area contributed by atoms with E-state index in [9.17, 15) is 13.2 Å². The minimum absolute atomic E-state index is 0.152. The summed E-state index contributed by atoms with van der Waals surface area (Å²) in [5.41, 5.74) is 2.70. The minimum atomic E-state index is -4.61. The highest BCUT2D eigenvalue weighted by Crippen LogP contribution is 2.41. The summed E-state index contributed by atoms with van der Waals surface area (Å²) < 4.78 is 65.0. The van der Waals surface area contributed by atoms with Crippen molar-refractivity contribution in [3.8, 4) is 23.3 Å². The third-order valence-electron chi connectivity index (χ3n) is 6.86. The van der Waals surface area contributed by atoms with E-state index in [0.29, 0.717) is 19.0 Å². The molecule has 4 aromatic rings. The van der Waals surface area contributed by atoms with Gasteiger partial charge in [-0.25, -0.2) is 0 Å². The van der Waals surface area contributed by atoms with Crippen molar-refractivity contribution in [2.45, 2.75) is 51.9 Å². The van der Waals surface area contributed by atoms with Crippen molar-refractivity contribution in [1.29, 1.82) is 5.26 Å². The van der Waals surface area contributed by atoms with Gasteiger partial charge in [0.15, 0.2) is 0 Å². The highest BCUT2D eigenvalue weighted by molar-refractivity contribution is 5.89. The Balaban J connectivity index is 0.000000972. The van der Waals surface area contributed by atoms with E-state index in [4.69, 9.17) is 29.3 Å². The number of aryl methyl sites for hydroxylation is 1. The maximum absolute atomic E-state index is 13.1. The monoisotopic (exact) mass is 582 g/mol. The second-order valence-corrected chi connectivity index (χ2v) is 9.41. The summed E-state index contributed by atoms with van der Waals surface area (Å²) >= 11 is 0. The highest BCUT2D eigenvalue weighted by atomic mass is 19.4. The van der Waals surface area contributed by atoms with E-state index >= 15 is 0 Å². The van der Waals surface area contributed by atoms with Crippen LogP contribution in [0.5, 0.6) is 11.5 Å². The van der Waals surface area contributed by atoms with Crippen LogP contribution in [-0.4, -0.2) is 36.0 Å². The fourth-order valence-electron chi connectivity index (χ4n) is 5.11. The Kier molecular flexibility index (Phi) is 9.59. The van der Waals surface area contributed by atoms with Crippen LogP contribution in [0.2, 0.25) is 0 Å². The van der Waals surface area contributed by atoms with Crippen LogP contribution < -0.4 is 4.74 Å². The number of aliphatic hydroxyl groups excluding tert-OH is 1. The molecule has 2 atom stereocenters. The number of nitrogens with zero attached hydrogens (tertiary/aromatic N) is 2. The molecule has 3 heterocycles. The molecule has 0 amide bonds. The van der Waals surface area contributed by atoms with E-state index in [-0.39, 0.29) is 11.9 Å². The van der Waals surface area contributed by atoms with E-state index in [2.05, 4.69) is 22.9 Å². The molecule has 0 aliphatic carbocycles. The van der Waals surface area contributed by atoms with Gasteiger partial charge >= 0.3 is 6.18 Å². The normalized spacial score (nSPS) is 19.5. The van der Waals surface area contributed by atoms with Gasteiger partial charge in [0.2, 0.25) is 0 Å². The maximum atomic E-state index is 13.1. The summed E-state index contributed by atoms with van der Waals surface area (Å²) in [6.07, 6.45) is -1.08. The molecule has 0 saturated carbocycles. The van der Waals surface area contributed by atoms with Crippen LogP contribution in [0.15, 0.2) is 66.9 Å². The Hall–Kier alpha value is -3.88. The van der Waals surface area contributed by atoms with Gasteiger partial charge < -0.3 is 28.6 Å². The van der Waals surface area contributed by atoms with E-state index in [0.717, 1.165) is 54.2 Å². The number of aromatic nitrogens is 1. The first-order valence-corrected chi connectivity index (χ1v) is 13.7. The molecule has 1 fully saturated rings. The summed E-state index contributed by atoms with van der Waals surface area (Å²) in [4.78, 5) is 0. The lowest BCUT2D eigenvalue weighted by Crippen LogP contribution is -2.30. The van der Waals surface area contributed by atoms with Crippen LogP contribution in [0.1, 0.15) is 55.5 Å². The molecule has 10 heteroatoms. The molecule has 222 valence electrons. The average Bonchev–Trinajstić information content (AvgIpc) is 3.58. The SMILES string of the molecule is CC.CC12OCCCc3cn(-c4ccc(Oc5ccc(C(F)(F)F)c(C#N)c5)cc4)c4cccc(c34)C(CO1)O2.CO. The topological polar surface area (TPSA) is 85.9 Å². The Morgan fingerprint density at radius 2 is 1.74 bits per heavy atom. The van der Waals surface area contributed by atoms with Crippen molar-refractivity contribution in [2.24, 2.45) is 0 Å². The van der Waals surface area contributed by atoms with Crippen LogP contribution in [-0.2, 0) is 26.8 Å². The second kappa shape index (κ2) is 13.0. The predicted molar refractivity (Wildman–Crippen MR) is 151 cm³/mol. The quantitative estimate of drug-likeness (QED) is 0.267. The number of nitriles is 1. The molecule has 0 spiro atoms. The predicted octanol–water partition coefficient (Wildman–Crippen LogP) is 7.67. The van der Waals surface area contributed by atoms with E-state index in [1.165, 1.54) is 11.6 Å². The zero-order valence-corrected chi connectivity index (χ0v) is 23.9. The third-order valence-corrected chi connectivity index (χ3v) is 6.86. The van der Waals surface area contributed by atoms with Gasteiger partial charge in [-0.3, -0.25) is 0 Å². The van der Waals surface area contributed by atoms with Gasteiger partial charge in [0, 0.05) is 31.3 Å². The molecule has 2 aliphatic rings. The van der Waals surface area contributed by atoms with Crippen molar-refractivity contribution in [1.82, 2.24) is 4.57 Å². The van der Waals surface area contributed by atoms with Gasteiger partial charge in [-0.15, -0.1) is 0 Å². The Labute approximate surface area is 242 Å². The number of hydrogen-bond acceptors (Lipinski definition) is 6. The van der Waals surface area contributed by atoms with E-state index in [1.54, 1.807) is 25.1 Å². The van der Waals surface area contributed by atoms with Gasteiger partial charge in [-0.2, -0.15) is 18.4 Å². The third kappa shape index (κ3) is 6.30. The molecule has 0 radical (unpaired) electrons. The summed E-state index contributed by atoms with van der Waals surface area (Å²) in [7, 11) is 1.00. The number of ether oxygens (including phenoxy) is 4. The standard InChI is InChI=1S/C29H23F3N2O4.C2H6.CH4O/c1-28-35-13-3-4-18-16-34(25-6-2-5-23(27(18)25)26(38-28)17-36-28)20-7-9-21(10-8-20)37-22-11-12-24(29(30,31)32)19(14-22)15-33;2*1-2/h2,5-12,14,16,26H,3-4,13,17H2,1H3;1-2H3;2H,1H3. The zero-order chi connectivity index (χ0) is 30.5. The number of halogens is 3. The molecule has 2 aliphatic heterocycles.